The van der Waals surface area contributed by atoms with E-state index in [0.29, 0.717) is 17.4 Å². The molecule has 1 aromatic carbocycles. The smallest absolute Gasteiger partial charge is 0.207 e. The summed E-state index contributed by atoms with van der Waals surface area (Å²) in [5.41, 5.74) is 1.90. The van der Waals surface area contributed by atoms with Crippen LogP contribution in [0, 0.1) is 12.8 Å². The Hall–Kier alpha value is -0.870. The van der Waals surface area contributed by atoms with Crippen molar-refractivity contribution in [1.29, 1.82) is 0 Å². The quantitative estimate of drug-likeness (QED) is 0.829. The molecule has 1 heterocycles. The van der Waals surface area contributed by atoms with E-state index in [-0.39, 0.29) is 11.5 Å². The Bertz CT molecular complexity index is 673. The second-order valence-electron chi connectivity index (χ2n) is 7.99. The maximum atomic E-state index is 13.2. The van der Waals surface area contributed by atoms with E-state index in [9.17, 15) is 8.42 Å². The Morgan fingerprint density at radius 2 is 1.91 bits per heavy atom. The molecule has 0 aromatic heterocycles. The molecule has 22 heavy (non-hydrogen) atoms. The highest BCUT2D eigenvalue weighted by atomic mass is 32.2. The van der Waals surface area contributed by atoms with Crippen LogP contribution in [0.3, 0.4) is 0 Å². The lowest BCUT2D eigenvalue weighted by Crippen LogP contribution is -2.35. The Morgan fingerprint density at radius 1 is 1.18 bits per heavy atom. The maximum Gasteiger partial charge on any atom is 0.243 e. The van der Waals surface area contributed by atoms with Gasteiger partial charge in [0.15, 0.2) is 0 Å². The van der Waals surface area contributed by atoms with Crippen LogP contribution in [-0.2, 0) is 15.4 Å². The zero-order chi connectivity index (χ0) is 16.1. The molecule has 0 N–H and O–H groups in total. The average Bonchev–Trinajstić information content (AvgIpc) is 2.73. The van der Waals surface area contributed by atoms with Gasteiger partial charge >= 0.3 is 0 Å². The second kappa shape index (κ2) is 5.34. The van der Waals surface area contributed by atoms with Crippen molar-refractivity contribution in [2.75, 3.05) is 6.54 Å². The number of sulfonamides is 1. The summed E-state index contributed by atoms with van der Waals surface area (Å²) in [6, 6.07) is 6.13. The zero-order valence-corrected chi connectivity index (χ0v) is 14.9. The Labute approximate surface area is 134 Å². The van der Waals surface area contributed by atoms with Gasteiger partial charge in [-0.1, -0.05) is 39.3 Å². The minimum absolute atomic E-state index is 0.0428. The summed E-state index contributed by atoms with van der Waals surface area (Å²) in [5.74, 6) is 0.569. The van der Waals surface area contributed by atoms with Gasteiger partial charge in [0.2, 0.25) is 10.0 Å². The largest absolute Gasteiger partial charge is 0.243 e. The highest BCUT2D eigenvalue weighted by Gasteiger charge is 2.42. The minimum atomic E-state index is -3.37. The van der Waals surface area contributed by atoms with Gasteiger partial charge in [0.05, 0.1) is 4.90 Å². The molecule has 1 aliphatic heterocycles. The molecule has 4 heteroatoms. The van der Waals surface area contributed by atoms with Crippen LogP contribution in [0.15, 0.2) is 23.1 Å². The summed E-state index contributed by atoms with van der Waals surface area (Å²) in [4.78, 5) is 0.507. The molecule has 2 aliphatic rings. The number of hydrogen-bond donors (Lipinski definition) is 0. The molecule has 1 aromatic rings. The number of aryl methyl sites for hydroxylation is 1. The van der Waals surface area contributed by atoms with Gasteiger partial charge in [-0.2, -0.15) is 4.31 Å². The number of rotatable bonds is 2. The zero-order valence-electron chi connectivity index (χ0n) is 14.1. The van der Waals surface area contributed by atoms with E-state index in [1.807, 2.05) is 19.1 Å². The molecule has 2 fully saturated rings. The van der Waals surface area contributed by atoms with Crippen molar-refractivity contribution < 1.29 is 8.42 Å². The fourth-order valence-electron chi connectivity index (χ4n) is 3.86. The first-order valence-electron chi connectivity index (χ1n) is 8.32. The molecule has 0 spiro atoms. The van der Waals surface area contributed by atoms with Crippen LogP contribution in [0.2, 0.25) is 0 Å². The second-order valence-corrected chi connectivity index (χ2v) is 9.85. The maximum absolute atomic E-state index is 13.2. The van der Waals surface area contributed by atoms with E-state index in [4.69, 9.17) is 0 Å². The minimum Gasteiger partial charge on any atom is -0.207 e. The van der Waals surface area contributed by atoms with Crippen molar-refractivity contribution >= 4 is 10.0 Å². The highest BCUT2D eigenvalue weighted by Crippen LogP contribution is 2.39. The van der Waals surface area contributed by atoms with Crippen molar-refractivity contribution in [3.8, 4) is 0 Å². The van der Waals surface area contributed by atoms with Crippen molar-refractivity contribution in [3.05, 3.63) is 29.3 Å². The molecule has 2 atom stereocenters. The Balaban J connectivity index is 2.02. The van der Waals surface area contributed by atoms with Gasteiger partial charge in [-0.15, -0.1) is 0 Å². The molecule has 1 saturated carbocycles. The molecule has 3 rings (SSSR count). The normalized spacial score (nSPS) is 26.4. The number of hydrogen-bond acceptors (Lipinski definition) is 2. The van der Waals surface area contributed by atoms with Crippen molar-refractivity contribution in [2.45, 2.75) is 69.7 Å². The van der Waals surface area contributed by atoms with Crippen LogP contribution in [0.1, 0.15) is 57.6 Å². The van der Waals surface area contributed by atoms with E-state index in [2.05, 4.69) is 26.8 Å². The predicted octanol–water partition coefficient (Wildman–Crippen LogP) is 3.86. The fourth-order valence-corrected chi connectivity index (χ4v) is 5.85. The van der Waals surface area contributed by atoms with Crippen LogP contribution in [0.25, 0.3) is 0 Å². The molecule has 0 amide bonds. The average molecular weight is 321 g/mol. The SMILES string of the molecule is Cc1ccc(C(C)(C)C)cc1S(=O)(=O)N1CC2CCCC1C2. The first-order chi connectivity index (χ1) is 10.2. The third kappa shape index (κ3) is 2.71. The Morgan fingerprint density at radius 3 is 2.55 bits per heavy atom. The lowest BCUT2D eigenvalue weighted by atomic mass is 9.87. The van der Waals surface area contributed by atoms with Crippen LogP contribution in [0.5, 0.6) is 0 Å². The first-order valence-corrected chi connectivity index (χ1v) is 9.76. The fraction of sp³-hybridized carbons (Fsp3) is 0.667. The van der Waals surface area contributed by atoms with E-state index >= 15 is 0 Å². The molecular weight excluding hydrogens is 294 g/mol. The summed E-state index contributed by atoms with van der Waals surface area (Å²) in [6.45, 7) is 8.98. The van der Waals surface area contributed by atoms with Gasteiger partial charge in [0.25, 0.3) is 0 Å². The summed E-state index contributed by atoms with van der Waals surface area (Å²) >= 11 is 0. The number of benzene rings is 1. The van der Waals surface area contributed by atoms with Gasteiger partial charge in [0.1, 0.15) is 0 Å². The van der Waals surface area contributed by atoms with Gasteiger partial charge in [-0.25, -0.2) is 8.42 Å². The molecule has 2 bridgehead atoms. The van der Waals surface area contributed by atoms with E-state index in [0.717, 1.165) is 24.0 Å². The van der Waals surface area contributed by atoms with Gasteiger partial charge in [-0.05, 0) is 54.7 Å². The lowest BCUT2D eigenvalue weighted by Gasteiger charge is -2.26. The Kier molecular flexibility index (Phi) is 3.89. The molecule has 1 aliphatic carbocycles. The lowest BCUT2D eigenvalue weighted by molar-refractivity contribution is 0.355. The molecular formula is C18H27NO2S. The van der Waals surface area contributed by atoms with Crippen LogP contribution < -0.4 is 0 Å². The van der Waals surface area contributed by atoms with Crippen molar-refractivity contribution in [2.24, 2.45) is 5.92 Å². The third-order valence-electron chi connectivity index (χ3n) is 5.24. The van der Waals surface area contributed by atoms with Crippen LogP contribution in [-0.4, -0.2) is 25.3 Å². The molecule has 2 unspecified atom stereocenters. The van der Waals surface area contributed by atoms with Crippen LogP contribution in [0.4, 0.5) is 0 Å². The summed E-state index contributed by atoms with van der Waals surface area (Å²) in [5, 5.41) is 0. The van der Waals surface area contributed by atoms with Gasteiger partial charge in [0, 0.05) is 12.6 Å². The molecule has 3 nitrogen and oxygen atoms in total. The monoisotopic (exact) mass is 321 g/mol. The summed E-state index contributed by atoms with van der Waals surface area (Å²) in [6.07, 6.45) is 4.43. The molecule has 122 valence electrons. The molecule has 0 radical (unpaired) electrons. The molecule has 1 saturated heterocycles. The number of nitrogens with zero attached hydrogens (tertiary/aromatic N) is 1. The van der Waals surface area contributed by atoms with Gasteiger partial charge in [-0.3, -0.25) is 0 Å². The number of fused-ring (bicyclic) bond motifs is 2. The van der Waals surface area contributed by atoms with E-state index in [1.54, 1.807) is 4.31 Å². The van der Waals surface area contributed by atoms with Crippen molar-refractivity contribution in [1.82, 2.24) is 4.31 Å². The first kappa shape index (κ1) is 16.0. The summed E-state index contributed by atoms with van der Waals surface area (Å²) < 4.78 is 28.2. The van der Waals surface area contributed by atoms with Crippen molar-refractivity contribution in [3.63, 3.8) is 0 Å². The van der Waals surface area contributed by atoms with Gasteiger partial charge < -0.3 is 0 Å². The topological polar surface area (TPSA) is 37.4 Å². The summed E-state index contributed by atoms with van der Waals surface area (Å²) in [7, 11) is -3.37. The van der Waals surface area contributed by atoms with E-state index in [1.165, 1.54) is 12.8 Å². The van der Waals surface area contributed by atoms with Crippen LogP contribution >= 0.6 is 0 Å². The highest BCUT2D eigenvalue weighted by molar-refractivity contribution is 7.89. The predicted molar refractivity (Wildman–Crippen MR) is 89.5 cm³/mol. The van der Waals surface area contributed by atoms with E-state index < -0.39 is 10.0 Å². The third-order valence-corrected chi connectivity index (χ3v) is 7.30. The standard InChI is InChI=1S/C18H27NO2S/c1-13-8-9-15(18(2,3)4)11-17(13)22(20,21)19-12-14-6-5-7-16(19)10-14/h8-9,11,14,16H,5-7,10,12H2,1-4H3.